The molecule has 0 saturated carbocycles. The van der Waals surface area contributed by atoms with Gasteiger partial charge in [-0.05, 0) is 92.1 Å². The highest BCUT2D eigenvalue weighted by Crippen LogP contribution is 2.44. The number of hydrogen-bond donors (Lipinski definition) is 2. The van der Waals surface area contributed by atoms with Crippen molar-refractivity contribution in [2.75, 3.05) is 33.9 Å². The van der Waals surface area contributed by atoms with Crippen LogP contribution in [0.3, 0.4) is 0 Å². The third kappa shape index (κ3) is 4.02. The van der Waals surface area contributed by atoms with Crippen molar-refractivity contribution in [3.63, 3.8) is 0 Å². The normalized spacial score (nSPS) is 15.4. The lowest BCUT2D eigenvalue weighted by molar-refractivity contribution is 0.158. The zero-order valence-corrected chi connectivity index (χ0v) is 20.6. The van der Waals surface area contributed by atoms with E-state index in [1.54, 1.807) is 13.2 Å². The summed E-state index contributed by atoms with van der Waals surface area (Å²) in [5, 5.41) is 20.3. The van der Waals surface area contributed by atoms with Gasteiger partial charge in [-0.15, -0.1) is 0 Å². The first-order valence-corrected chi connectivity index (χ1v) is 11.9. The number of pyridine rings is 1. The Bertz CT molecular complexity index is 1330. The zero-order valence-electron chi connectivity index (χ0n) is 19.0. The van der Waals surface area contributed by atoms with Crippen molar-refractivity contribution < 1.29 is 14.6 Å². The van der Waals surface area contributed by atoms with Gasteiger partial charge in [0.1, 0.15) is 5.75 Å². The molecule has 5 rings (SSSR count). The summed E-state index contributed by atoms with van der Waals surface area (Å²) in [7, 11) is 3.83. The van der Waals surface area contributed by atoms with E-state index in [0.29, 0.717) is 28.4 Å². The fraction of sp³-hybridized carbons (Fsp3) is 0.360. The lowest BCUT2D eigenvalue weighted by Crippen LogP contribution is -2.32. The molecule has 2 aromatic carbocycles. The first kappa shape index (κ1) is 22.0. The van der Waals surface area contributed by atoms with E-state index >= 15 is 0 Å². The third-order valence-electron chi connectivity index (χ3n) is 6.52. The number of nitrogens with zero attached hydrogens (tertiary/aromatic N) is 3. The van der Waals surface area contributed by atoms with Gasteiger partial charge in [0.15, 0.2) is 17.1 Å². The van der Waals surface area contributed by atoms with E-state index in [1.165, 1.54) is 0 Å². The van der Waals surface area contributed by atoms with E-state index in [-0.39, 0.29) is 5.75 Å². The summed E-state index contributed by atoms with van der Waals surface area (Å²) in [5.74, 6) is 2.12. The standard InChI is InChI=1S/C25H27BrN4O3/c1-14-21-22-17(23(27-25(21)29-28-14)16-4-6-19(31)18(26)12-16)5-7-20(32-3)24(22)33-13-15-8-10-30(2)11-9-15/h4-7,12,15,31H,8-11,13H2,1-3H3,(H,27,28,29). The molecule has 3 heterocycles. The molecule has 2 N–H and O–H groups in total. The highest BCUT2D eigenvalue weighted by molar-refractivity contribution is 9.10. The minimum Gasteiger partial charge on any atom is -0.507 e. The summed E-state index contributed by atoms with van der Waals surface area (Å²) in [5.41, 5.74) is 3.22. The smallest absolute Gasteiger partial charge is 0.169 e. The van der Waals surface area contributed by atoms with Crippen molar-refractivity contribution in [3.8, 4) is 28.5 Å². The zero-order chi connectivity index (χ0) is 23.1. The van der Waals surface area contributed by atoms with Crippen LogP contribution in [-0.4, -0.2) is 59.0 Å². The Labute approximate surface area is 200 Å². The lowest BCUT2D eigenvalue weighted by atomic mass is 9.97. The minimum absolute atomic E-state index is 0.185. The molecule has 0 unspecified atom stereocenters. The molecule has 8 heteroatoms. The number of rotatable bonds is 5. The number of H-pyrrole nitrogens is 1. The Morgan fingerprint density at radius 2 is 1.97 bits per heavy atom. The predicted octanol–water partition coefficient (Wildman–Crippen LogP) is 5.28. The van der Waals surface area contributed by atoms with Gasteiger partial charge in [-0.1, -0.05) is 0 Å². The number of piperidine rings is 1. The van der Waals surface area contributed by atoms with Gasteiger partial charge >= 0.3 is 0 Å². The van der Waals surface area contributed by atoms with Crippen LogP contribution >= 0.6 is 15.9 Å². The van der Waals surface area contributed by atoms with Gasteiger partial charge in [0.2, 0.25) is 0 Å². The Morgan fingerprint density at radius 3 is 2.70 bits per heavy atom. The number of aromatic hydroxyl groups is 1. The number of likely N-dealkylation sites (tertiary alicyclic amines) is 1. The molecule has 1 saturated heterocycles. The maximum absolute atomic E-state index is 9.98. The van der Waals surface area contributed by atoms with Crippen molar-refractivity contribution in [1.82, 2.24) is 20.1 Å². The van der Waals surface area contributed by atoms with Gasteiger partial charge in [-0.2, -0.15) is 5.10 Å². The number of phenolic OH excluding ortho intramolecular Hbond substituents is 1. The molecule has 0 atom stereocenters. The van der Waals surface area contributed by atoms with Crippen LogP contribution in [0.15, 0.2) is 34.8 Å². The highest BCUT2D eigenvalue weighted by atomic mass is 79.9. The summed E-state index contributed by atoms with van der Waals surface area (Å²) >= 11 is 3.43. The maximum Gasteiger partial charge on any atom is 0.169 e. The van der Waals surface area contributed by atoms with Crippen LogP contribution in [0.25, 0.3) is 33.1 Å². The summed E-state index contributed by atoms with van der Waals surface area (Å²) in [6, 6.07) is 9.35. The van der Waals surface area contributed by atoms with Gasteiger partial charge in [-0.3, -0.25) is 5.10 Å². The number of phenols is 1. The molecule has 1 fully saturated rings. The van der Waals surface area contributed by atoms with Crippen LogP contribution in [0.2, 0.25) is 0 Å². The summed E-state index contributed by atoms with van der Waals surface area (Å²) in [4.78, 5) is 7.26. The van der Waals surface area contributed by atoms with Crippen LogP contribution in [-0.2, 0) is 0 Å². The van der Waals surface area contributed by atoms with Crippen molar-refractivity contribution in [1.29, 1.82) is 0 Å². The molecule has 2 aromatic heterocycles. The molecule has 33 heavy (non-hydrogen) atoms. The van der Waals surface area contributed by atoms with E-state index in [4.69, 9.17) is 14.5 Å². The molecule has 0 bridgehead atoms. The topological polar surface area (TPSA) is 83.5 Å². The van der Waals surface area contributed by atoms with E-state index < -0.39 is 0 Å². The van der Waals surface area contributed by atoms with Gasteiger partial charge in [0, 0.05) is 16.3 Å². The first-order chi connectivity index (χ1) is 16.0. The second-order valence-electron chi connectivity index (χ2n) is 8.74. The van der Waals surface area contributed by atoms with Crippen LogP contribution in [0.1, 0.15) is 18.5 Å². The van der Waals surface area contributed by atoms with Gasteiger partial charge in [0.25, 0.3) is 0 Å². The van der Waals surface area contributed by atoms with Crippen molar-refractivity contribution in [2.45, 2.75) is 19.8 Å². The predicted molar refractivity (Wildman–Crippen MR) is 133 cm³/mol. The number of benzene rings is 2. The molecule has 0 aliphatic carbocycles. The van der Waals surface area contributed by atoms with Crippen LogP contribution in [0.5, 0.6) is 17.2 Å². The summed E-state index contributed by atoms with van der Waals surface area (Å²) in [6.45, 7) is 4.80. The van der Waals surface area contributed by atoms with Gasteiger partial charge in [-0.25, -0.2) is 4.98 Å². The van der Waals surface area contributed by atoms with Crippen LogP contribution in [0.4, 0.5) is 0 Å². The number of halogens is 1. The molecule has 0 spiro atoms. The van der Waals surface area contributed by atoms with Gasteiger partial charge < -0.3 is 19.5 Å². The Hall–Kier alpha value is -2.84. The van der Waals surface area contributed by atoms with E-state index in [0.717, 1.165) is 64.8 Å². The highest BCUT2D eigenvalue weighted by Gasteiger charge is 2.23. The first-order valence-electron chi connectivity index (χ1n) is 11.1. The molecule has 7 nitrogen and oxygen atoms in total. The number of nitrogens with one attached hydrogen (secondary N) is 1. The SMILES string of the molecule is COc1ccc2c(-c3ccc(O)c(Br)c3)nc3[nH]nc(C)c3c2c1OCC1CCN(C)CC1. The van der Waals surface area contributed by atoms with Crippen molar-refractivity contribution in [2.24, 2.45) is 5.92 Å². The summed E-state index contributed by atoms with van der Waals surface area (Å²) in [6.07, 6.45) is 2.25. The molecule has 4 aromatic rings. The Kier molecular flexibility index (Phi) is 5.88. The number of aromatic nitrogens is 3. The number of fused-ring (bicyclic) bond motifs is 3. The fourth-order valence-corrected chi connectivity index (χ4v) is 4.97. The van der Waals surface area contributed by atoms with Crippen LogP contribution < -0.4 is 9.47 Å². The fourth-order valence-electron chi connectivity index (χ4n) is 4.59. The molecular weight excluding hydrogens is 484 g/mol. The van der Waals surface area contributed by atoms with E-state index in [2.05, 4.69) is 38.1 Å². The average molecular weight is 511 g/mol. The number of hydrogen-bond acceptors (Lipinski definition) is 6. The lowest BCUT2D eigenvalue weighted by Gasteiger charge is -2.29. The third-order valence-corrected chi connectivity index (χ3v) is 7.16. The van der Waals surface area contributed by atoms with Crippen molar-refractivity contribution >= 4 is 37.7 Å². The number of aryl methyl sites for hydroxylation is 1. The molecule has 0 radical (unpaired) electrons. The quantitative estimate of drug-likeness (QED) is 0.379. The molecule has 172 valence electrons. The average Bonchev–Trinajstić information content (AvgIpc) is 3.20. The second kappa shape index (κ2) is 8.83. The van der Waals surface area contributed by atoms with Crippen molar-refractivity contribution in [3.05, 3.63) is 40.5 Å². The molecular formula is C25H27BrN4O3. The molecule has 1 aliphatic rings. The largest absolute Gasteiger partial charge is 0.507 e. The van der Waals surface area contributed by atoms with Crippen LogP contribution in [0, 0.1) is 12.8 Å². The number of aromatic amines is 1. The van der Waals surface area contributed by atoms with E-state index in [9.17, 15) is 5.11 Å². The molecule has 0 amide bonds. The van der Waals surface area contributed by atoms with Gasteiger partial charge in [0.05, 0.1) is 35.0 Å². The molecule has 1 aliphatic heterocycles. The minimum atomic E-state index is 0.185. The number of methoxy groups -OCH3 is 1. The Morgan fingerprint density at radius 1 is 1.18 bits per heavy atom. The Balaban J connectivity index is 1.69. The summed E-state index contributed by atoms with van der Waals surface area (Å²) < 4.78 is 12.9. The second-order valence-corrected chi connectivity index (χ2v) is 9.59. The number of ether oxygens (including phenoxy) is 2. The monoisotopic (exact) mass is 510 g/mol. The maximum atomic E-state index is 9.98. The van der Waals surface area contributed by atoms with E-state index in [1.807, 2.05) is 31.2 Å².